The Balaban J connectivity index is 0.00000192. The molecular formula is C18H24N4O. The Kier molecular flexibility index (Phi) is 5.60. The number of nitrogens with one attached hydrogen (secondary N) is 3. The van der Waals surface area contributed by atoms with Crippen molar-refractivity contribution in [2.75, 3.05) is 29.5 Å². The summed E-state index contributed by atoms with van der Waals surface area (Å²) in [6.07, 6.45) is 1.12. The fourth-order valence-electron chi connectivity index (χ4n) is 2.54. The third-order valence-corrected chi connectivity index (χ3v) is 3.79. The van der Waals surface area contributed by atoms with Gasteiger partial charge in [0, 0.05) is 23.8 Å². The molecule has 1 aliphatic heterocycles. The van der Waals surface area contributed by atoms with Crippen LogP contribution in [0.5, 0.6) is 0 Å². The molecule has 1 atom stereocenters. The number of para-hydroxylation sites is 2. The first-order chi connectivity index (χ1) is 10.7. The van der Waals surface area contributed by atoms with Crippen LogP contribution in [-0.4, -0.2) is 25.0 Å². The van der Waals surface area contributed by atoms with Crippen LogP contribution in [0.25, 0.3) is 0 Å². The highest BCUT2D eigenvalue weighted by molar-refractivity contribution is 6.05. The SMILES string of the molecule is C.Nc1ccccc1NC(=O)c1ccc(N[C@H]2CCNC2)cc1. The zero-order valence-electron chi connectivity index (χ0n) is 12.3. The molecule has 0 saturated carbocycles. The highest BCUT2D eigenvalue weighted by atomic mass is 16.1. The van der Waals surface area contributed by atoms with E-state index in [0.29, 0.717) is 23.0 Å². The molecule has 2 aromatic carbocycles. The molecular weight excluding hydrogens is 288 g/mol. The zero-order valence-corrected chi connectivity index (χ0v) is 12.3. The Morgan fingerprint density at radius 2 is 1.87 bits per heavy atom. The molecule has 5 N–H and O–H groups in total. The molecule has 1 saturated heterocycles. The van der Waals surface area contributed by atoms with Crippen molar-refractivity contribution >= 4 is 23.0 Å². The highest BCUT2D eigenvalue weighted by Gasteiger charge is 2.14. The van der Waals surface area contributed by atoms with Crippen molar-refractivity contribution in [1.29, 1.82) is 0 Å². The van der Waals surface area contributed by atoms with Gasteiger partial charge in [-0.1, -0.05) is 19.6 Å². The van der Waals surface area contributed by atoms with Gasteiger partial charge < -0.3 is 21.7 Å². The molecule has 0 bridgehead atoms. The molecule has 1 aliphatic rings. The minimum Gasteiger partial charge on any atom is -0.397 e. The minimum absolute atomic E-state index is 0. The van der Waals surface area contributed by atoms with Crippen molar-refractivity contribution in [2.24, 2.45) is 0 Å². The lowest BCUT2D eigenvalue weighted by Crippen LogP contribution is -2.22. The monoisotopic (exact) mass is 312 g/mol. The molecule has 0 spiro atoms. The second-order valence-electron chi connectivity index (χ2n) is 5.45. The number of anilines is 3. The standard InChI is InChI=1S/C17H20N4O.CH4/c18-15-3-1-2-4-16(15)21-17(22)12-5-7-13(8-6-12)20-14-9-10-19-11-14;/h1-8,14,19-20H,9-11,18H2,(H,21,22);1H4/t14-;/m0./s1. The lowest BCUT2D eigenvalue weighted by Gasteiger charge is -2.13. The first-order valence-corrected chi connectivity index (χ1v) is 7.45. The van der Waals surface area contributed by atoms with Crippen LogP contribution in [0.2, 0.25) is 0 Å². The van der Waals surface area contributed by atoms with Gasteiger partial charge in [-0.05, 0) is 49.4 Å². The summed E-state index contributed by atoms with van der Waals surface area (Å²) >= 11 is 0. The average Bonchev–Trinajstić information content (AvgIpc) is 3.03. The van der Waals surface area contributed by atoms with Gasteiger partial charge in [0.05, 0.1) is 11.4 Å². The number of amides is 1. The molecule has 122 valence electrons. The summed E-state index contributed by atoms with van der Waals surface area (Å²) in [4.78, 5) is 12.2. The quantitative estimate of drug-likeness (QED) is 0.655. The smallest absolute Gasteiger partial charge is 0.255 e. The Morgan fingerprint density at radius 1 is 1.13 bits per heavy atom. The summed E-state index contributed by atoms with van der Waals surface area (Å²) in [5.41, 5.74) is 8.66. The number of hydrogen-bond donors (Lipinski definition) is 4. The van der Waals surface area contributed by atoms with E-state index in [1.54, 1.807) is 12.1 Å². The molecule has 0 aromatic heterocycles. The van der Waals surface area contributed by atoms with Crippen LogP contribution >= 0.6 is 0 Å². The second kappa shape index (κ2) is 7.65. The number of carbonyl (C=O) groups is 1. The molecule has 0 unspecified atom stereocenters. The number of nitrogens with two attached hydrogens (primary N) is 1. The number of rotatable bonds is 4. The summed E-state index contributed by atoms with van der Waals surface area (Å²) in [6, 6.07) is 15.2. The minimum atomic E-state index is -0.160. The fraction of sp³-hybridized carbons (Fsp3) is 0.278. The summed E-state index contributed by atoms with van der Waals surface area (Å²) < 4.78 is 0. The van der Waals surface area contributed by atoms with Crippen LogP contribution in [0.15, 0.2) is 48.5 Å². The molecule has 0 aliphatic carbocycles. The third kappa shape index (κ3) is 4.23. The maximum atomic E-state index is 12.2. The topological polar surface area (TPSA) is 79.2 Å². The maximum absolute atomic E-state index is 12.2. The van der Waals surface area contributed by atoms with Gasteiger partial charge in [-0.15, -0.1) is 0 Å². The van der Waals surface area contributed by atoms with Crippen LogP contribution < -0.4 is 21.7 Å². The Labute approximate surface area is 137 Å². The summed E-state index contributed by atoms with van der Waals surface area (Å²) in [5, 5.41) is 9.59. The molecule has 5 heteroatoms. The van der Waals surface area contributed by atoms with E-state index in [2.05, 4.69) is 16.0 Å². The molecule has 2 aromatic rings. The largest absolute Gasteiger partial charge is 0.397 e. The molecule has 23 heavy (non-hydrogen) atoms. The average molecular weight is 312 g/mol. The van der Waals surface area contributed by atoms with Gasteiger partial charge in [0.25, 0.3) is 5.91 Å². The normalized spacial score (nSPS) is 16.4. The molecule has 0 radical (unpaired) electrons. The van der Waals surface area contributed by atoms with Gasteiger partial charge >= 0.3 is 0 Å². The predicted octanol–water partition coefficient (Wildman–Crippen LogP) is 2.93. The van der Waals surface area contributed by atoms with E-state index in [4.69, 9.17) is 5.73 Å². The van der Waals surface area contributed by atoms with Crippen LogP contribution in [-0.2, 0) is 0 Å². The van der Waals surface area contributed by atoms with Crippen molar-refractivity contribution in [3.63, 3.8) is 0 Å². The van der Waals surface area contributed by atoms with E-state index in [0.717, 1.165) is 25.2 Å². The van der Waals surface area contributed by atoms with E-state index in [1.807, 2.05) is 36.4 Å². The number of hydrogen-bond acceptors (Lipinski definition) is 4. The maximum Gasteiger partial charge on any atom is 0.255 e. The Hall–Kier alpha value is -2.53. The van der Waals surface area contributed by atoms with Crippen LogP contribution in [0.1, 0.15) is 24.2 Å². The molecule has 3 rings (SSSR count). The van der Waals surface area contributed by atoms with E-state index >= 15 is 0 Å². The fourth-order valence-corrected chi connectivity index (χ4v) is 2.54. The molecule has 1 fully saturated rings. The van der Waals surface area contributed by atoms with Gasteiger partial charge in [0.15, 0.2) is 0 Å². The van der Waals surface area contributed by atoms with Crippen molar-refractivity contribution < 1.29 is 4.79 Å². The van der Waals surface area contributed by atoms with Crippen LogP contribution in [0.4, 0.5) is 17.1 Å². The highest BCUT2D eigenvalue weighted by Crippen LogP contribution is 2.19. The lowest BCUT2D eigenvalue weighted by atomic mass is 10.1. The van der Waals surface area contributed by atoms with Crippen molar-refractivity contribution in [3.8, 4) is 0 Å². The summed E-state index contributed by atoms with van der Waals surface area (Å²) in [5.74, 6) is -0.160. The summed E-state index contributed by atoms with van der Waals surface area (Å²) in [6.45, 7) is 2.03. The van der Waals surface area contributed by atoms with Gasteiger partial charge in [-0.25, -0.2) is 0 Å². The van der Waals surface area contributed by atoms with E-state index in [1.165, 1.54) is 0 Å². The van der Waals surface area contributed by atoms with Crippen LogP contribution in [0, 0.1) is 0 Å². The number of benzene rings is 2. The number of carbonyl (C=O) groups excluding carboxylic acids is 1. The van der Waals surface area contributed by atoms with Crippen LogP contribution in [0.3, 0.4) is 0 Å². The Morgan fingerprint density at radius 3 is 2.52 bits per heavy atom. The third-order valence-electron chi connectivity index (χ3n) is 3.79. The van der Waals surface area contributed by atoms with E-state index in [9.17, 15) is 4.79 Å². The first-order valence-electron chi connectivity index (χ1n) is 7.45. The zero-order chi connectivity index (χ0) is 15.4. The first kappa shape index (κ1) is 16.8. The Bertz CT molecular complexity index is 648. The second-order valence-corrected chi connectivity index (χ2v) is 5.45. The molecule has 5 nitrogen and oxygen atoms in total. The lowest BCUT2D eigenvalue weighted by molar-refractivity contribution is 0.102. The van der Waals surface area contributed by atoms with Crippen molar-refractivity contribution in [1.82, 2.24) is 5.32 Å². The van der Waals surface area contributed by atoms with E-state index < -0.39 is 0 Å². The predicted molar refractivity (Wildman–Crippen MR) is 96.9 cm³/mol. The van der Waals surface area contributed by atoms with Gasteiger partial charge in [-0.2, -0.15) is 0 Å². The molecule has 1 heterocycles. The van der Waals surface area contributed by atoms with Gasteiger partial charge in [0.2, 0.25) is 0 Å². The summed E-state index contributed by atoms with van der Waals surface area (Å²) in [7, 11) is 0. The van der Waals surface area contributed by atoms with Crippen molar-refractivity contribution in [2.45, 2.75) is 19.9 Å². The van der Waals surface area contributed by atoms with Crippen molar-refractivity contribution in [3.05, 3.63) is 54.1 Å². The molecule has 1 amide bonds. The van der Waals surface area contributed by atoms with Gasteiger partial charge in [0.1, 0.15) is 0 Å². The van der Waals surface area contributed by atoms with Gasteiger partial charge in [-0.3, -0.25) is 4.79 Å². The van der Waals surface area contributed by atoms with E-state index in [-0.39, 0.29) is 13.3 Å². The number of nitrogen functional groups attached to an aromatic ring is 1.